The Labute approximate surface area is 142 Å². The number of imidazole rings is 1. The number of aryl methyl sites for hydroxylation is 1. The Morgan fingerprint density at radius 2 is 1.92 bits per heavy atom. The number of nitrogens with zero attached hydrogens (tertiary/aromatic N) is 3. The highest BCUT2D eigenvalue weighted by Crippen LogP contribution is 2.33. The molecule has 3 rings (SSSR count). The van der Waals surface area contributed by atoms with Crippen LogP contribution in [-0.4, -0.2) is 28.7 Å². The quantitative estimate of drug-likeness (QED) is 0.709. The monoisotopic (exact) mass is 369 g/mol. The maximum absolute atomic E-state index is 12.9. The number of halogens is 3. The van der Waals surface area contributed by atoms with Crippen molar-refractivity contribution in [3.05, 3.63) is 42.2 Å². The van der Waals surface area contributed by atoms with Gasteiger partial charge in [0.05, 0.1) is 27.2 Å². The summed E-state index contributed by atoms with van der Waals surface area (Å²) in [4.78, 5) is 8.09. The van der Waals surface area contributed by atoms with Crippen molar-refractivity contribution in [2.24, 2.45) is 7.05 Å². The lowest BCUT2D eigenvalue weighted by Crippen LogP contribution is -2.07. The van der Waals surface area contributed by atoms with Gasteiger partial charge in [-0.25, -0.2) is 13.4 Å². The minimum Gasteiger partial charge on any atom is -0.327 e. The molecule has 0 radical (unpaired) electrons. The predicted molar refractivity (Wildman–Crippen MR) is 86.7 cm³/mol. The van der Waals surface area contributed by atoms with Gasteiger partial charge in [0.1, 0.15) is 5.82 Å². The molecule has 132 valence electrons. The molecule has 0 saturated heterocycles. The van der Waals surface area contributed by atoms with Gasteiger partial charge in [-0.2, -0.15) is 13.2 Å². The zero-order valence-electron chi connectivity index (χ0n) is 13.4. The number of sulfone groups is 1. The lowest BCUT2D eigenvalue weighted by Gasteiger charge is -2.08. The SMILES string of the molecule is CCS(=O)(=O)c1cnccc1-c1nc2cc(C(F)(F)F)ccc2n1C. The molecule has 0 fully saturated rings. The fourth-order valence-electron chi connectivity index (χ4n) is 2.59. The van der Waals surface area contributed by atoms with Gasteiger partial charge in [-0.15, -0.1) is 0 Å². The molecule has 0 saturated carbocycles. The number of alkyl halides is 3. The van der Waals surface area contributed by atoms with Crippen LogP contribution in [0.2, 0.25) is 0 Å². The molecule has 0 unspecified atom stereocenters. The lowest BCUT2D eigenvalue weighted by atomic mass is 10.2. The van der Waals surface area contributed by atoms with Crippen LogP contribution in [0.4, 0.5) is 13.2 Å². The number of fused-ring (bicyclic) bond motifs is 1. The minimum atomic E-state index is -4.47. The highest BCUT2D eigenvalue weighted by Gasteiger charge is 2.31. The van der Waals surface area contributed by atoms with Crippen LogP contribution in [0.15, 0.2) is 41.6 Å². The van der Waals surface area contributed by atoms with E-state index in [1.165, 1.54) is 31.5 Å². The Hall–Kier alpha value is -2.42. The average molecular weight is 369 g/mol. The molecule has 1 aromatic carbocycles. The van der Waals surface area contributed by atoms with Crippen molar-refractivity contribution >= 4 is 20.9 Å². The zero-order chi connectivity index (χ0) is 18.4. The van der Waals surface area contributed by atoms with E-state index in [9.17, 15) is 21.6 Å². The molecule has 25 heavy (non-hydrogen) atoms. The molecule has 2 heterocycles. The van der Waals surface area contributed by atoms with Crippen LogP contribution < -0.4 is 0 Å². The third-order valence-electron chi connectivity index (χ3n) is 3.95. The van der Waals surface area contributed by atoms with E-state index >= 15 is 0 Å². The number of pyridine rings is 1. The summed E-state index contributed by atoms with van der Waals surface area (Å²) in [6, 6.07) is 4.75. The van der Waals surface area contributed by atoms with E-state index < -0.39 is 21.6 Å². The van der Waals surface area contributed by atoms with E-state index in [1.54, 1.807) is 11.6 Å². The highest BCUT2D eigenvalue weighted by atomic mass is 32.2. The summed E-state index contributed by atoms with van der Waals surface area (Å²) in [5.74, 6) is 0.150. The average Bonchev–Trinajstić information content (AvgIpc) is 2.90. The molecule has 3 aromatic rings. The van der Waals surface area contributed by atoms with Crippen LogP contribution in [-0.2, 0) is 23.1 Å². The van der Waals surface area contributed by atoms with Gasteiger partial charge in [-0.1, -0.05) is 6.92 Å². The summed E-state index contributed by atoms with van der Waals surface area (Å²) in [6.45, 7) is 1.51. The van der Waals surface area contributed by atoms with Gasteiger partial charge < -0.3 is 4.57 Å². The lowest BCUT2D eigenvalue weighted by molar-refractivity contribution is -0.137. The summed E-state index contributed by atoms with van der Waals surface area (Å²) in [5.41, 5.74) is 0.119. The first-order valence-electron chi connectivity index (χ1n) is 7.36. The number of hydrogen-bond donors (Lipinski definition) is 0. The number of aromatic nitrogens is 3. The molecular formula is C16H14F3N3O2S. The van der Waals surface area contributed by atoms with Gasteiger partial charge in [0.15, 0.2) is 9.84 Å². The summed E-state index contributed by atoms with van der Waals surface area (Å²) >= 11 is 0. The summed E-state index contributed by atoms with van der Waals surface area (Å²) < 4.78 is 64.8. The second kappa shape index (κ2) is 5.83. The molecule has 0 bridgehead atoms. The Balaban J connectivity index is 2.26. The second-order valence-corrected chi connectivity index (χ2v) is 7.72. The Kier molecular flexibility index (Phi) is 4.06. The molecule has 0 aliphatic carbocycles. The Bertz CT molecular complexity index is 1060. The molecule has 0 atom stereocenters. The Morgan fingerprint density at radius 3 is 2.56 bits per heavy atom. The zero-order valence-corrected chi connectivity index (χ0v) is 14.2. The second-order valence-electron chi connectivity index (χ2n) is 5.47. The van der Waals surface area contributed by atoms with Crippen molar-refractivity contribution in [3.63, 3.8) is 0 Å². The molecule has 0 spiro atoms. The topological polar surface area (TPSA) is 64.8 Å². The van der Waals surface area contributed by atoms with Crippen molar-refractivity contribution in [2.45, 2.75) is 18.0 Å². The first-order chi connectivity index (χ1) is 11.6. The number of hydrogen-bond acceptors (Lipinski definition) is 4. The van der Waals surface area contributed by atoms with E-state index in [-0.39, 0.29) is 22.0 Å². The fourth-order valence-corrected chi connectivity index (χ4v) is 3.61. The summed E-state index contributed by atoms with van der Waals surface area (Å²) in [6.07, 6.45) is -1.82. The molecule has 5 nitrogen and oxygen atoms in total. The molecular weight excluding hydrogens is 355 g/mol. The largest absolute Gasteiger partial charge is 0.416 e. The summed E-state index contributed by atoms with van der Waals surface area (Å²) in [5, 5.41) is 0. The van der Waals surface area contributed by atoms with Crippen molar-refractivity contribution in [2.75, 3.05) is 5.75 Å². The van der Waals surface area contributed by atoms with E-state index in [4.69, 9.17) is 0 Å². The molecule has 2 aromatic heterocycles. The van der Waals surface area contributed by atoms with Gasteiger partial charge in [-0.05, 0) is 24.3 Å². The van der Waals surface area contributed by atoms with Crippen molar-refractivity contribution < 1.29 is 21.6 Å². The van der Waals surface area contributed by atoms with E-state index in [1.807, 2.05) is 0 Å². The fraction of sp³-hybridized carbons (Fsp3) is 0.250. The van der Waals surface area contributed by atoms with Gasteiger partial charge in [-0.3, -0.25) is 4.98 Å². The third-order valence-corrected chi connectivity index (χ3v) is 5.70. The molecule has 0 aliphatic rings. The first kappa shape index (κ1) is 17.4. The van der Waals surface area contributed by atoms with Crippen LogP contribution in [0.1, 0.15) is 12.5 Å². The predicted octanol–water partition coefficient (Wildman–Crippen LogP) is 3.45. The van der Waals surface area contributed by atoms with Crippen LogP contribution in [0.3, 0.4) is 0 Å². The van der Waals surface area contributed by atoms with Crippen LogP contribution in [0.25, 0.3) is 22.4 Å². The third kappa shape index (κ3) is 2.99. The van der Waals surface area contributed by atoms with E-state index in [2.05, 4.69) is 9.97 Å². The minimum absolute atomic E-state index is 0.00644. The first-order valence-corrected chi connectivity index (χ1v) is 9.01. The van der Waals surface area contributed by atoms with E-state index in [0.29, 0.717) is 11.1 Å². The summed E-state index contributed by atoms with van der Waals surface area (Å²) in [7, 11) is -1.93. The Morgan fingerprint density at radius 1 is 1.20 bits per heavy atom. The molecule has 9 heteroatoms. The van der Waals surface area contributed by atoms with Gasteiger partial charge in [0.25, 0.3) is 0 Å². The van der Waals surface area contributed by atoms with Gasteiger partial charge in [0, 0.05) is 25.0 Å². The smallest absolute Gasteiger partial charge is 0.327 e. The molecule has 0 N–H and O–H groups in total. The standard InChI is InChI=1S/C16H14F3N3O2S/c1-3-25(23,24)14-9-20-7-6-11(14)15-21-12-8-10(16(17,18)19)4-5-13(12)22(15)2/h4-9H,3H2,1-2H3. The maximum Gasteiger partial charge on any atom is 0.416 e. The number of benzene rings is 1. The van der Waals surface area contributed by atoms with Crippen molar-refractivity contribution in [3.8, 4) is 11.4 Å². The number of rotatable bonds is 3. The molecule has 0 aliphatic heterocycles. The van der Waals surface area contributed by atoms with Crippen molar-refractivity contribution in [1.82, 2.24) is 14.5 Å². The van der Waals surface area contributed by atoms with Crippen molar-refractivity contribution in [1.29, 1.82) is 0 Å². The van der Waals surface area contributed by atoms with E-state index in [0.717, 1.165) is 12.1 Å². The van der Waals surface area contributed by atoms with Gasteiger partial charge >= 0.3 is 6.18 Å². The van der Waals surface area contributed by atoms with Crippen LogP contribution in [0, 0.1) is 0 Å². The highest BCUT2D eigenvalue weighted by molar-refractivity contribution is 7.91. The normalized spacial score (nSPS) is 12.7. The molecule has 0 amide bonds. The maximum atomic E-state index is 12.9. The van der Waals surface area contributed by atoms with Crippen LogP contribution in [0.5, 0.6) is 0 Å². The van der Waals surface area contributed by atoms with Crippen LogP contribution >= 0.6 is 0 Å². The van der Waals surface area contributed by atoms with Gasteiger partial charge in [0.2, 0.25) is 0 Å².